The summed E-state index contributed by atoms with van der Waals surface area (Å²) in [6, 6.07) is 11.8. The van der Waals surface area contributed by atoms with E-state index in [2.05, 4.69) is 10.6 Å². The largest absolute Gasteiger partial charge is 0.353 e. The summed E-state index contributed by atoms with van der Waals surface area (Å²) in [6.45, 7) is 5.58. The van der Waals surface area contributed by atoms with Crippen LogP contribution in [0.1, 0.15) is 35.3 Å². The first-order chi connectivity index (χ1) is 16.2. The van der Waals surface area contributed by atoms with Crippen molar-refractivity contribution in [3.63, 3.8) is 0 Å². The number of imide groups is 1. The fourth-order valence-corrected chi connectivity index (χ4v) is 4.13. The first kappa shape index (κ1) is 25.2. The maximum absolute atomic E-state index is 13.1. The number of carbonyl (C=O) groups is 4. The smallest absolute Gasteiger partial charge is 0.293 e. The molecule has 34 heavy (non-hydrogen) atoms. The molecule has 1 aliphatic rings. The third-order valence-electron chi connectivity index (χ3n) is 5.23. The second-order valence-corrected chi connectivity index (χ2v) is 9.23. The molecule has 178 valence electrons. The molecule has 4 amide bonds. The highest BCUT2D eigenvalue weighted by Gasteiger charge is 2.35. The zero-order chi connectivity index (χ0) is 24.8. The number of benzene rings is 2. The predicted octanol–water partition coefficient (Wildman–Crippen LogP) is 3.74. The van der Waals surface area contributed by atoms with E-state index >= 15 is 0 Å². The van der Waals surface area contributed by atoms with Crippen LogP contribution in [0.3, 0.4) is 0 Å². The molecule has 9 heteroatoms. The molecule has 1 heterocycles. The Bertz CT molecular complexity index is 1110. The van der Waals surface area contributed by atoms with Gasteiger partial charge in [-0.25, -0.2) is 4.39 Å². The molecular weight excluding hydrogens is 457 g/mol. The summed E-state index contributed by atoms with van der Waals surface area (Å²) in [5.74, 6) is -2.03. The maximum atomic E-state index is 13.1. The molecule has 0 saturated carbocycles. The van der Waals surface area contributed by atoms with Crippen LogP contribution in [-0.4, -0.2) is 47.0 Å². The van der Waals surface area contributed by atoms with Crippen LogP contribution in [0, 0.1) is 18.7 Å². The standard InChI is InChI=1S/C25H26FN3O4S/c1-15(2)21(28-22(30)18-8-10-19(26)11-9-18)23(31)27-12-13-29-24(32)20(34-25(29)33)14-17-6-4-16(3)5-7-17/h4-11,14-15,21H,12-13H2,1-3H3,(H,27,31)(H,28,30)/b20-14+/t21-/m0/s1. The first-order valence-corrected chi connectivity index (χ1v) is 11.6. The average Bonchev–Trinajstić information content (AvgIpc) is 3.06. The lowest BCUT2D eigenvalue weighted by Crippen LogP contribution is -2.51. The van der Waals surface area contributed by atoms with E-state index in [1.165, 1.54) is 24.3 Å². The van der Waals surface area contributed by atoms with Crippen LogP contribution in [0.4, 0.5) is 9.18 Å². The van der Waals surface area contributed by atoms with Gasteiger partial charge in [0.05, 0.1) is 4.91 Å². The average molecular weight is 484 g/mol. The van der Waals surface area contributed by atoms with Gasteiger partial charge in [0.1, 0.15) is 11.9 Å². The number of nitrogens with one attached hydrogen (secondary N) is 2. The van der Waals surface area contributed by atoms with Gasteiger partial charge in [-0.15, -0.1) is 0 Å². The molecule has 1 aliphatic heterocycles. The number of carbonyl (C=O) groups excluding carboxylic acids is 4. The molecule has 0 aromatic heterocycles. The van der Waals surface area contributed by atoms with Crippen LogP contribution in [0.25, 0.3) is 6.08 Å². The van der Waals surface area contributed by atoms with Crippen molar-refractivity contribution in [1.82, 2.24) is 15.5 Å². The SMILES string of the molecule is Cc1ccc(/C=C2/SC(=O)N(CCNC(=O)[C@@H](NC(=O)c3ccc(F)cc3)C(C)C)C2=O)cc1. The van der Waals surface area contributed by atoms with Gasteiger partial charge in [0.2, 0.25) is 5.91 Å². The summed E-state index contributed by atoms with van der Waals surface area (Å²) >= 11 is 0.860. The number of hydrogen-bond acceptors (Lipinski definition) is 5. The fraction of sp³-hybridized carbons (Fsp3) is 0.280. The maximum Gasteiger partial charge on any atom is 0.293 e. The van der Waals surface area contributed by atoms with Gasteiger partial charge >= 0.3 is 0 Å². The highest BCUT2D eigenvalue weighted by atomic mass is 32.2. The number of hydrogen-bond donors (Lipinski definition) is 2. The molecule has 2 aromatic carbocycles. The molecule has 1 fully saturated rings. The van der Waals surface area contributed by atoms with Crippen LogP contribution in [0.15, 0.2) is 53.4 Å². The van der Waals surface area contributed by atoms with Gasteiger partial charge in [-0.3, -0.25) is 24.1 Å². The number of aryl methyl sites for hydroxylation is 1. The minimum absolute atomic E-state index is 0.0123. The topological polar surface area (TPSA) is 95.6 Å². The lowest BCUT2D eigenvalue weighted by atomic mass is 10.0. The fourth-order valence-electron chi connectivity index (χ4n) is 3.27. The van der Waals surface area contributed by atoms with Gasteiger partial charge in [0.15, 0.2) is 0 Å². The van der Waals surface area contributed by atoms with E-state index in [0.29, 0.717) is 4.91 Å². The van der Waals surface area contributed by atoms with E-state index in [1.807, 2.05) is 31.2 Å². The summed E-state index contributed by atoms with van der Waals surface area (Å²) < 4.78 is 13.1. The van der Waals surface area contributed by atoms with Crippen LogP contribution >= 0.6 is 11.8 Å². The Kier molecular flexibility index (Phi) is 8.22. The molecule has 7 nitrogen and oxygen atoms in total. The molecule has 0 radical (unpaired) electrons. The van der Waals surface area contributed by atoms with Crippen LogP contribution < -0.4 is 10.6 Å². The molecule has 2 N–H and O–H groups in total. The predicted molar refractivity (Wildman–Crippen MR) is 129 cm³/mol. The van der Waals surface area contributed by atoms with E-state index < -0.39 is 34.8 Å². The quantitative estimate of drug-likeness (QED) is 0.558. The number of rotatable bonds is 8. The highest BCUT2D eigenvalue weighted by Crippen LogP contribution is 2.31. The van der Waals surface area contributed by atoms with Crippen LogP contribution in [-0.2, 0) is 9.59 Å². The highest BCUT2D eigenvalue weighted by molar-refractivity contribution is 8.18. The second kappa shape index (κ2) is 11.1. The van der Waals surface area contributed by atoms with Crippen LogP contribution in [0.2, 0.25) is 0 Å². The summed E-state index contributed by atoms with van der Waals surface area (Å²) in [5.41, 5.74) is 2.15. The van der Waals surface area contributed by atoms with Gasteiger partial charge in [0.25, 0.3) is 17.1 Å². The summed E-state index contributed by atoms with van der Waals surface area (Å²) in [4.78, 5) is 51.5. The van der Waals surface area contributed by atoms with Crippen molar-refractivity contribution in [2.45, 2.75) is 26.8 Å². The Morgan fingerprint density at radius 3 is 2.32 bits per heavy atom. The zero-order valence-corrected chi connectivity index (χ0v) is 19.9. The van der Waals surface area contributed by atoms with Gasteiger partial charge in [0, 0.05) is 18.7 Å². The number of amides is 4. The second-order valence-electron chi connectivity index (χ2n) is 8.24. The van der Waals surface area contributed by atoms with Gasteiger partial charge in [-0.1, -0.05) is 43.7 Å². The molecule has 2 aromatic rings. The monoisotopic (exact) mass is 483 g/mol. The van der Waals surface area contributed by atoms with Crippen molar-refractivity contribution in [2.75, 3.05) is 13.1 Å². The summed E-state index contributed by atoms with van der Waals surface area (Å²) in [6.07, 6.45) is 1.67. The van der Waals surface area contributed by atoms with Crippen molar-refractivity contribution >= 4 is 40.8 Å². The third kappa shape index (κ3) is 6.32. The van der Waals surface area contributed by atoms with Crippen molar-refractivity contribution in [2.24, 2.45) is 5.92 Å². The Labute approximate surface area is 201 Å². The molecule has 0 bridgehead atoms. The number of nitrogens with zero attached hydrogens (tertiary/aromatic N) is 1. The molecule has 0 spiro atoms. The Balaban J connectivity index is 1.56. The van der Waals surface area contributed by atoms with Gasteiger partial charge < -0.3 is 10.6 Å². The van der Waals surface area contributed by atoms with E-state index in [-0.39, 0.29) is 24.6 Å². The molecular formula is C25H26FN3O4S. The van der Waals surface area contributed by atoms with E-state index in [4.69, 9.17) is 0 Å². The van der Waals surface area contributed by atoms with Crippen molar-refractivity contribution < 1.29 is 23.6 Å². The molecule has 3 rings (SSSR count). The third-order valence-corrected chi connectivity index (χ3v) is 6.13. The Morgan fingerprint density at radius 1 is 1.06 bits per heavy atom. The summed E-state index contributed by atoms with van der Waals surface area (Å²) in [7, 11) is 0. The minimum Gasteiger partial charge on any atom is -0.353 e. The number of halogens is 1. The zero-order valence-electron chi connectivity index (χ0n) is 19.1. The van der Waals surface area contributed by atoms with E-state index in [0.717, 1.165) is 27.8 Å². The van der Waals surface area contributed by atoms with E-state index in [1.54, 1.807) is 19.9 Å². The first-order valence-electron chi connectivity index (χ1n) is 10.8. The number of thioether (sulfide) groups is 1. The summed E-state index contributed by atoms with van der Waals surface area (Å²) in [5, 5.41) is 4.93. The lowest BCUT2D eigenvalue weighted by molar-refractivity contribution is -0.125. The van der Waals surface area contributed by atoms with Gasteiger partial charge in [-0.2, -0.15) is 0 Å². The van der Waals surface area contributed by atoms with Crippen molar-refractivity contribution in [3.8, 4) is 0 Å². The Morgan fingerprint density at radius 2 is 1.71 bits per heavy atom. The molecule has 1 atom stereocenters. The lowest BCUT2D eigenvalue weighted by Gasteiger charge is -2.22. The van der Waals surface area contributed by atoms with Crippen molar-refractivity contribution in [3.05, 3.63) is 75.9 Å². The molecule has 0 unspecified atom stereocenters. The molecule has 0 aliphatic carbocycles. The normalized spacial score (nSPS) is 15.7. The minimum atomic E-state index is -0.839. The van der Waals surface area contributed by atoms with Crippen molar-refractivity contribution in [1.29, 1.82) is 0 Å². The molecule has 1 saturated heterocycles. The van der Waals surface area contributed by atoms with E-state index in [9.17, 15) is 23.6 Å². The van der Waals surface area contributed by atoms with Crippen LogP contribution in [0.5, 0.6) is 0 Å². The Hall–Kier alpha value is -3.46. The van der Waals surface area contributed by atoms with Gasteiger partial charge in [-0.05, 0) is 60.5 Å².